The van der Waals surface area contributed by atoms with Crippen LogP contribution in [0.25, 0.3) is 0 Å². The summed E-state index contributed by atoms with van der Waals surface area (Å²) < 4.78 is 9.88. The van der Waals surface area contributed by atoms with Gasteiger partial charge in [0.15, 0.2) is 5.82 Å². The van der Waals surface area contributed by atoms with E-state index in [4.69, 9.17) is 9.05 Å². The predicted octanol–water partition coefficient (Wildman–Crippen LogP) is 0.842. The summed E-state index contributed by atoms with van der Waals surface area (Å²) in [6, 6.07) is 0. The van der Waals surface area contributed by atoms with Crippen LogP contribution in [-0.4, -0.2) is 21.2 Å². The maximum absolute atomic E-state index is 11.7. The second-order valence-corrected chi connectivity index (χ2v) is 3.99. The van der Waals surface area contributed by atoms with E-state index in [2.05, 4.69) is 20.6 Å². The molecule has 96 valence electrons. The van der Waals surface area contributed by atoms with Crippen LogP contribution in [0.4, 0.5) is 0 Å². The molecule has 0 aromatic carbocycles. The molecule has 0 saturated heterocycles. The van der Waals surface area contributed by atoms with Crippen molar-refractivity contribution in [3.8, 4) is 0 Å². The molecule has 2 aromatic rings. The molecule has 7 nitrogen and oxygen atoms in total. The number of amides is 1. The molecule has 0 atom stereocenters. The molecule has 0 unspecified atom stereocenters. The highest BCUT2D eigenvalue weighted by molar-refractivity contribution is 5.78. The van der Waals surface area contributed by atoms with Gasteiger partial charge in [0.1, 0.15) is 5.76 Å². The first kappa shape index (κ1) is 12.3. The average Bonchev–Trinajstić information content (AvgIpc) is 2.87. The van der Waals surface area contributed by atoms with E-state index in [1.807, 2.05) is 0 Å². The molecule has 0 saturated carbocycles. The van der Waals surface area contributed by atoms with Crippen LogP contribution in [0.5, 0.6) is 0 Å². The quantitative estimate of drug-likeness (QED) is 0.864. The fourth-order valence-electron chi connectivity index (χ4n) is 1.56. The van der Waals surface area contributed by atoms with Crippen molar-refractivity contribution in [1.82, 2.24) is 20.6 Å². The summed E-state index contributed by atoms with van der Waals surface area (Å²) in [7, 11) is 0. The van der Waals surface area contributed by atoms with E-state index in [9.17, 15) is 4.79 Å². The maximum Gasteiger partial charge on any atom is 0.246 e. The Labute approximate surface area is 104 Å². The molecule has 0 aliphatic carbocycles. The van der Waals surface area contributed by atoms with Gasteiger partial charge in [-0.1, -0.05) is 10.3 Å². The van der Waals surface area contributed by atoms with Crippen molar-refractivity contribution >= 4 is 5.91 Å². The lowest BCUT2D eigenvalue weighted by molar-refractivity contribution is -0.120. The Balaban J connectivity index is 1.89. The van der Waals surface area contributed by atoms with Crippen molar-refractivity contribution in [3.63, 3.8) is 0 Å². The second kappa shape index (κ2) is 4.99. The Morgan fingerprint density at radius 3 is 2.56 bits per heavy atom. The van der Waals surface area contributed by atoms with Crippen LogP contribution in [0, 0.1) is 20.8 Å². The van der Waals surface area contributed by atoms with Gasteiger partial charge < -0.3 is 14.4 Å². The normalized spacial score (nSPS) is 10.6. The summed E-state index contributed by atoms with van der Waals surface area (Å²) in [5.41, 5.74) is 1.55. The van der Waals surface area contributed by atoms with Gasteiger partial charge in [-0.3, -0.25) is 4.79 Å². The zero-order valence-corrected chi connectivity index (χ0v) is 10.5. The van der Waals surface area contributed by atoms with E-state index in [0.717, 1.165) is 11.3 Å². The van der Waals surface area contributed by atoms with E-state index in [-0.39, 0.29) is 18.9 Å². The van der Waals surface area contributed by atoms with Crippen LogP contribution < -0.4 is 5.32 Å². The summed E-state index contributed by atoms with van der Waals surface area (Å²) in [4.78, 5) is 15.7. The third kappa shape index (κ3) is 2.73. The first-order valence-corrected chi connectivity index (χ1v) is 5.54. The molecule has 2 aromatic heterocycles. The van der Waals surface area contributed by atoms with Crippen molar-refractivity contribution in [2.75, 3.05) is 0 Å². The molecule has 2 rings (SSSR count). The van der Waals surface area contributed by atoms with Crippen molar-refractivity contribution in [2.45, 2.75) is 33.7 Å². The van der Waals surface area contributed by atoms with Gasteiger partial charge in [-0.2, -0.15) is 4.98 Å². The third-order valence-corrected chi connectivity index (χ3v) is 2.52. The minimum atomic E-state index is -0.139. The van der Waals surface area contributed by atoms with E-state index in [1.54, 1.807) is 20.8 Å². The first-order chi connectivity index (χ1) is 8.56. The minimum absolute atomic E-state index is 0.139. The van der Waals surface area contributed by atoms with Crippen LogP contribution in [0.3, 0.4) is 0 Å². The van der Waals surface area contributed by atoms with E-state index >= 15 is 0 Å². The highest BCUT2D eigenvalue weighted by Gasteiger charge is 2.13. The number of aromatic nitrogens is 3. The molecular weight excluding hydrogens is 236 g/mol. The molecule has 1 N–H and O–H groups in total. The zero-order chi connectivity index (χ0) is 13.1. The predicted molar refractivity (Wildman–Crippen MR) is 60.6 cm³/mol. The number of nitrogens with zero attached hydrogens (tertiary/aromatic N) is 3. The lowest BCUT2D eigenvalue weighted by Crippen LogP contribution is -2.25. The number of carbonyl (C=O) groups is 1. The summed E-state index contributed by atoms with van der Waals surface area (Å²) in [5.74, 6) is 1.46. The van der Waals surface area contributed by atoms with Crippen molar-refractivity contribution in [1.29, 1.82) is 0 Å². The number of rotatable bonds is 4. The Morgan fingerprint density at radius 2 is 2.00 bits per heavy atom. The number of nitrogens with one attached hydrogen (secondary N) is 1. The SMILES string of the molecule is Cc1noc(CNC(=O)Cc2c(C)noc2C)n1. The molecule has 0 fully saturated rings. The minimum Gasteiger partial charge on any atom is -0.361 e. The number of hydrogen-bond donors (Lipinski definition) is 1. The molecular formula is C11H14N4O3. The van der Waals surface area contributed by atoms with Crippen molar-refractivity contribution in [3.05, 3.63) is 28.7 Å². The monoisotopic (exact) mass is 250 g/mol. The molecule has 7 heteroatoms. The molecule has 0 aliphatic heterocycles. The molecule has 1 amide bonds. The Morgan fingerprint density at radius 1 is 1.22 bits per heavy atom. The van der Waals surface area contributed by atoms with E-state index < -0.39 is 0 Å². The highest BCUT2D eigenvalue weighted by atomic mass is 16.5. The standard InChI is InChI=1S/C11H14N4O3/c1-6-9(7(2)17-14-6)4-10(16)12-5-11-13-8(3)15-18-11/h4-5H2,1-3H3,(H,12,16). The number of hydrogen-bond acceptors (Lipinski definition) is 6. The Kier molecular flexibility index (Phi) is 3.40. The molecule has 0 bridgehead atoms. The van der Waals surface area contributed by atoms with Gasteiger partial charge >= 0.3 is 0 Å². The average molecular weight is 250 g/mol. The number of carbonyl (C=O) groups excluding carboxylic acids is 1. The smallest absolute Gasteiger partial charge is 0.246 e. The summed E-state index contributed by atoms with van der Waals surface area (Å²) in [6.45, 7) is 5.53. The maximum atomic E-state index is 11.7. The van der Waals surface area contributed by atoms with Gasteiger partial charge in [0.25, 0.3) is 0 Å². The fraction of sp³-hybridized carbons (Fsp3) is 0.455. The molecule has 0 spiro atoms. The largest absolute Gasteiger partial charge is 0.361 e. The fourth-order valence-corrected chi connectivity index (χ4v) is 1.56. The lowest BCUT2D eigenvalue weighted by Gasteiger charge is -2.01. The van der Waals surface area contributed by atoms with E-state index in [0.29, 0.717) is 17.5 Å². The zero-order valence-electron chi connectivity index (χ0n) is 10.5. The number of aryl methyl sites for hydroxylation is 3. The topological polar surface area (TPSA) is 94.1 Å². The van der Waals surface area contributed by atoms with Gasteiger partial charge in [0.2, 0.25) is 11.8 Å². The molecule has 18 heavy (non-hydrogen) atoms. The first-order valence-electron chi connectivity index (χ1n) is 5.54. The molecule has 2 heterocycles. The summed E-state index contributed by atoms with van der Waals surface area (Å²) in [5, 5.41) is 10.1. The van der Waals surface area contributed by atoms with E-state index in [1.165, 1.54) is 0 Å². The highest BCUT2D eigenvalue weighted by Crippen LogP contribution is 2.12. The van der Waals surface area contributed by atoms with Crippen LogP contribution in [0.15, 0.2) is 9.05 Å². The van der Waals surface area contributed by atoms with Crippen molar-refractivity contribution in [2.24, 2.45) is 0 Å². The summed E-state index contributed by atoms with van der Waals surface area (Å²) in [6.07, 6.45) is 0.230. The van der Waals surface area contributed by atoms with Gasteiger partial charge in [-0.15, -0.1) is 0 Å². The van der Waals surface area contributed by atoms with Crippen LogP contribution >= 0.6 is 0 Å². The van der Waals surface area contributed by atoms with Crippen LogP contribution in [0.1, 0.15) is 28.7 Å². The van der Waals surface area contributed by atoms with Gasteiger partial charge in [0, 0.05) is 5.56 Å². The Bertz CT molecular complexity index is 539. The van der Waals surface area contributed by atoms with Gasteiger partial charge in [-0.25, -0.2) is 0 Å². The van der Waals surface area contributed by atoms with Crippen molar-refractivity contribution < 1.29 is 13.8 Å². The lowest BCUT2D eigenvalue weighted by atomic mass is 10.1. The third-order valence-electron chi connectivity index (χ3n) is 2.52. The molecule has 0 aliphatic rings. The van der Waals surface area contributed by atoms with Crippen LogP contribution in [-0.2, 0) is 17.8 Å². The summed E-state index contributed by atoms with van der Waals surface area (Å²) >= 11 is 0. The van der Waals surface area contributed by atoms with Gasteiger partial charge in [-0.05, 0) is 20.8 Å². The van der Waals surface area contributed by atoms with Crippen LogP contribution in [0.2, 0.25) is 0 Å². The van der Waals surface area contributed by atoms with Gasteiger partial charge in [0.05, 0.1) is 18.7 Å². The second-order valence-electron chi connectivity index (χ2n) is 3.99. The Hall–Kier alpha value is -2.18. The molecule has 0 radical (unpaired) electrons.